The fourth-order valence-electron chi connectivity index (χ4n) is 3.74. The molecule has 1 aromatic carbocycles. The second kappa shape index (κ2) is 9.92. The molecule has 31 heavy (non-hydrogen) atoms. The third kappa shape index (κ3) is 6.14. The van der Waals surface area contributed by atoms with Crippen LogP contribution in [-0.2, 0) is 14.3 Å². The van der Waals surface area contributed by atoms with Crippen LogP contribution < -0.4 is 16.0 Å². The van der Waals surface area contributed by atoms with Crippen molar-refractivity contribution in [3.63, 3.8) is 0 Å². The molecule has 3 rings (SSSR count). The molecule has 1 aromatic rings. The Labute approximate surface area is 177 Å². The lowest BCUT2D eigenvalue weighted by Crippen LogP contribution is -2.53. The molecule has 0 unspecified atom stereocenters. The summed E-state index contributed by atoms with van der Waals surface area (Å²) in [4.78, 5) is 27.0. The maximum atomic E-state index is 14.6. The Hall–Kier alpha value is -2.24. The monoisotopic (exact) mass is 446 g/mol. The summed E-state index contributed by atoms with van der Waals surface area (Å²) in [7, 11) is 0. The first-order valence-electron chi connectivity index (χ1n) is 10.2. The topological polar surface area (TPSA) is 87.9 Å². The summed E-state index contributed by atoms with van der Waals surface area (Å²) in [6.07, 6.45) is -1.92. The fourth-order valence-corrected chi connectivity index (χ4v) is 3.74. The average molecular weight is 446 g/mol. The number of ether oxygens (including phenoxy) is 1. The van der Waals surface area contributed by atoms with Crippen LogP contribution in [0.1, 0.15) is 19.3 Å². The van der Waals surface area contributed by atoms with E-state index in [0.717, 1.165) is 30.2 Å². The van der Waals surface area contributed by atoms with E-state index >= 15 is 0 Å². The van der Waals surface area contributed by atoms with Crippen LogP contribution in [0.15, 0.2) is 18.2 Å². The number of rotatable bonds is 8. The zero-order valence-electron chi connectivity index (χ0n) is 17.0. The van der Waals surface area contributed by atoms with Crippen LogP contribution in [0.3, 0.4) is 0 Å². The zero-order chi connectivity index (χ0) is 22.6. The molecule has 0 radical (unpaired) electrons. The van der Waals surface area contributed by atoms with Crippen molar-refractivity contribution in [1.29, 1.82) is 0 Å². The van der Waals surface area contributed by atoms with Crippen LogP contribution in [0.25, 0.3) is 0 Å². The van der Waals surface area contributed by atoms with Crippen LogP contribution in [0.5, 0.6) is 0 Å². The van der Waals surface area contributed by atoms with Crippen molar-refractivity contribution >= 4 is 23.2 Å². The molecule has 172 valence electrons. The van der Waals surface area contributed by atoms with E-state index in [1.807, 2.05) is 0 Å². The number of alkyl halides is 3. The summed E-state index contributed by atoms with van der Waals surface area (Å²) in [5.41, 5.74) is 5.75. The van der Waals surface area contributed by atoms with Gasteiger partial charge in [-0.3, -0.25) is 14.5 Å². The van der Waals surface area contributed by atoms with Crippen LogP contribution in [0.4, 0.5) is 28.9 Å². The van der Waals surface area contributed by atoms with Crippen LogP contribution in [0.2, 0.25) is 0 Å². The van der Waals surface area contributed by atoms with Gasteiger partial charge in [-0.15, -0.1) is 0 Å². The second-order valence-corrected chi connectivity index (χ2v) is 7.84. The number of hydrogen-bond acceptors (Lipinski definition) is 5. The predicted octanol–water partition coefficient (Wildman–Crippen LogP) is 2.12. The van der Waals surface area contributed by atoms with Crippen LogP contribution in [0, 0.1) is 11.7 Å². The molecule has 2 amide bonds. The van der Waals surface area contributed by atoms with Gasteiger partial charge in [0, 0.05) is 25.3 Å². The highest BCUT2D eigenvalue weighted by Crippen LogP contribution is 2.30. The Morgan fingerprint density at radius 2 is 2.10 bits per heavy atom. The van der Waals surface area contributed by atoms with Gasteiger partial charge in [0.15, 0.2) is 0 Å². The van der Waals surface area contributed by atoms with Crippen molar-refractivity contribution in [2.24, 2.45) is 11.7 Å². The molecule has 1 atom stereocenters. The Kier molecular flexibility index (Phi) is 7.50. The molecular formula is C20H26F4N4O3. The van der Waals surface area contributed by atoms with Crippen molar-refractivity contribution in [2.75, 3.05) is 49.6 Å². The molecule has 1 aliphatic heterocycles. The lowest BCUT2D eigenvalue weighted by molar-refractivity contribution is -0.155. The number of anilines is 2. The Morgan fingerprint density at radius 1 is 1.35 bits per heavy atom. The summed E-state index contributed by atoms with van der Waals surface area (Å²) in [5, 5.41) is 2.35. The lowest BCUT2D eigenvalue weighted by atomic mass is 9.85. The molecule has 7 nitrogen and oxygen atoms in total. The Morgan fingerprint density at radius 3 is 2.65 bits per heavy atom. The summed E-state index contributed by atoms with van der Waals surface area (Å²) >= 11 is 0. The molecule has 1 saturated carbocycles. The first-order valence-corrected chi connectivity index (χ1v) is 10.2. The molecular weight excluding hydrogens is 420 g/mol. The highest BCUT2D eigenvalue weighted by Gasteiger charge is 2.38. The van der Waals surface area contributed by atoms with Gasteiger partial charge in [-0.05, 0) is 37.0 Å². The van der Waals surface area contributed by atoms with Gasteiger partial charge in [0.1, 0.15) is 18.5 Å². The van der Waals surface area contributed by atoms with Gasteiger partial charge in [0.05, 0.1) is 18.8 Å². The molecule has 11 heteroatoms. The normalized spacial score (nSPS) is 18.8. The number of halogens is 4. The number of morpholine rings is 1. The van der Waals surface area contributed by atoms with Crippen molar-refractivity contribution < 1.29 is 31.9 Å². The SMILES string of the molecule is NC[C@@H](C(=O)Nc1ccc(N2CCOCC2=O)cc1F)N(CC1CCC1)CC(F)(F)F. The quantitative estimate of drug-likeness (QED) is 0.598. The van der Waals surface area contributed by atoms with E-state index in [-0.39, 0.29) is 43.8 Å². The highest BCUT2D eigenvalue weighted by atomic mass is 19.4. The third-order valence-corrected chi connectivity index (χ3v) is 5.57. The molecule has 2 fully saturated rings. The first-order chi connectivity index (χ1) is 14.7. The minimum absolute atomic E-state index is 0.0891. The lowest BCUT2D eigenvalue weighted by Gasteiger charge is -2.36. The standard InChI is InChI=1S/C20H26F4N4O3/c21-15-8-14(28-6-7-31-11-18(28)29)4-5-16(15)26-19(30)17(9-25)27(12-20(22,23)24)10-13-2-1-3-13/h4-5,8,13,17H,1-3,6-7,9-12,25H2,(H,26,30)/t17-/m0/s1. The summed E-state index contributed by atoms with van der Waals surface area (Å²) in [5.74, 6) is -1.84. The molecule has 0 spiro atoms. The number of carbonyl (C=O) groups excluding carboxylic acids is 2. The number of hydrogen-bond donors (Lipinski definition) is 2. The van der Waals surface area contributed by atoms with Crippen molar-refractivity contribution in [1.82, 2.24) is 4.90 Å². The summed E-state index contributed by atoms with van der Waals surface area (Å²) in [6, 6.07) is 2.58. The maximum Gasteiger partial charge on any atom is 0.401 e. The summed E-state index contributed by atoms with van der Waals surface area (Å²) in [6.45, 7) is -1.01. The van der Waals surface area contributed by atoms with E-state index in [4.69, 9.17) is 10.5 Å². The van der Waals surface area contributed by atoms with E-state index in [2.05, 4.69) is 5.32 Å². The van der Waals surface area contributed by atoms with Gasteiger partial charge >= 0.3 is 6.18 Å². The van der Waals surface area contributed by atoms with Crippen molar-refractivity contribution in [3.8, 4) is 0 Å². The maximum absolute atomic E-state index is 14.6. The van der Waals surface area contributed by atoms with Gasteiger partial charge in [0.2, 0.25) is 5.91 Å². The van der Waals surface area contributed by atoms with E-state index < -0.39 is 30.5 Å². The number of nitrogens with zero attached hydrogens (tertiary/aromatic N) is 2. The number of nitrogens with two attached hydrogens (primary N) is 1. The zero-order valence-corrected chi connectivity index (χ0v) is 17.0. The summed E-state index contributed by atoms with van der Waals surface area (Å²) < 4.78 is 58.8. The van der Waals surface area contributed by atoms with Crippen LogP contribution >= 0.6 is 0 Å². The van der Waals surface area contributed by atoms with Gasteiger partial charge in [0.25, 0.3) is 5.91 Å². The molecule has 0 bridgehead atoms. The van der Waals surface area contributed by atoms with Gasteiger partial charge in [-0.1, -0.05) is 6.42 Å². The third-order valence-electron chi connectivity index (χ3n) is 5.57. The smallest absolute Gasteiger partial charge is 0.370 e. The van der Waals surface area contributed by atoms with E-state index in [9.17, 15) is 27.2 Å². The fraction of sp³-hybridized carbons (Fsp3) is 0.600. The van der Waals surface area contributed by atoms with Crippen LogP contribution in [-0.4, -0.2) is 68.3 Å². The van der Waals surface area contributed by atoms with E-state index in [1.165, 1.54) is 17.0 Å². The molecule has 2 aliphatic rings. The van der Waals surface area contributed by atoms with Gasteiger partial charge < -0.3 is 20.7 Å². The van der Waals surface area contributed by atoms with E-state index in [0.29, 0.717) is 12.3 Å². The minimum Gasteiger partial charge on any atom is -0.370 e. The average Bonchev–Trinajstić information content (AvgIpc) is 2.66. The predicted molar refractivity (Wildman–Crippen MR) is 106 cm³/mol. The van der Waals surface area contributed by atoms with E-state index in [1.54, 1.807) is 0 Å². The molecule has 1 heterocycles. The molecule has 0 aromatic heterocycles. The number of nitrogens with one attached hydrogen (secondary N) is 1. The highest BCUT2D eigenvalue weighted by molar-refractivity contribution is 5.97. The Balaban J connectivity index is 1.71. The van der Waals surface area contributed by atoms with Crippen molar-refractivity contribution in [3.05, 3.63) is 24.0 Å². The number of carbonyl (C=O) groups is 2. The van der Waals surface area contributed by atoms with Gasteiger partial charge in [-0.25, -0.2) is 4.39 Å². The van der Waals surface area contributed by atoms with Gasteiger partial charge in [-0.2, -0.15) is 13.2 Å². The number of amides is 2. The molecule has 1 saturated heterocycles. The van der Waals surface area contributed by atoms with Crippen molar-refractivity contribution in [2.45, 2.75) is 31.5 Å². The number of benzene rings is 1. The second-order valence-electron chi connectivity index (χ2n) is 7.84. The minimum atomic E-state index is -4.49. The Bertz CT molecular complexity index is 801. The molecule has 1 aliphatic carbocycles. The largest absolute Gasteiger partial charge is 0.401 e. The molecule has 3 N–H and O–H groups in total. The first kappa shape index (κ1) is 23.4.